The summed E-state index contributed by atoms with van der Waals surface area (Å²) in [4.78, 5) is 20.0. The van der Waals surface area contributed by atoms with Gasteiger partial charge >= 0.3 is 6.09 Å². The normalized spacial score (nSPS) is 11.7. The molecule has 0 unspecified atom stereocenters. The van der Waals surface area contributed by atoms with Gasteiger partial charge in [0.1, 0.15) is 10.5 Å². The van der Waals surface area contributed by atoms with Crippen LogP contribution in [-0.4, -0.2) is 50.3 Å². The molecule has 11 heteroatoms. The summed E-state index contributed by atoms with van der Waals surface area (Å²) in [5.74, 6) is 0.236. The Kier molecular flexibility index (Phi) is 8.68. The van der Waals surface area contributed by atoms with Crippen LogP contribution in [-0.2, 0) is 14.8 Å². The van der Waals surface area contributed by atoms with Gasteiger partial charge in [0.2, 0.25) is 11.8 Å². The van der Waals surface area contributed by atoms with Gasteiger partial charge in [-0.1, -0.05) is 23.7 Å². The standard InChI is InChI=1S/C21H29ClN4O5S/c1-15-14-18(30-13-9-8-12-23-20(27)31-21(2,3)4)25-19(24-15)26(5)32(28,29)17-11-7-6-10-16(17)22/h6-7,10-11,14H,8-9,12-13H2,1-5H3,(H,23,27). The van der Waals surface area contributed by atoms with Crippen molar-refractivity contribution in [3.05, 3.63) is 41.0 Å². The van der Waals surface area contributed by atoms with Crippen LogP contribution in [0.15, 0.2) is 35.2 Å². The number of anilines is 1. The molecule has 0 saturated heterocycles. The quantitative estimate of drug-likeness (QED) is 0.536. The third kappa shape index (κ3) is 7.52. The molecule has 2 rings (SSSR count). The lowest BCUT2D eigenvalue weighted by Crippen LogP contribution is -2.33. The fourth-order valence-electron chi connectivity index (χ4n) is 2.56. The molecule has 176 valence electrons. The highest BCUT2D eigenvalue weighted by Gasteiger charge is 2.26. The maximum Gasteiger partial charge on any atom is 0.407 e. The van der Waals surface area contributed by atoms with E-state index in [2.05, 4.69) is 15.3 Å². The molecule has 1 aromatic carbocycles. The minimum absolute atomic E-state index is 0.0217. The van der Waals surface area contributed by atoms with Crippen LogP contribution in [0.25, 0.3) is 0 Å². The van der Waals surface area contributed by atoms with Gasteiger partial charge in [0.05, 0.1) is 11.6 Å². The van der Waals surface area contributed by atoms with Crippen LogP contribution in [0.3, 0.4) is 0 Å². The van der Waals surface area contributed by atoms with E-state index < -0.39 is 21.7 Å². The van der Waals surface area contributed by atoms with Crippen LogP contribution >= 0.6 is 11.6 Å². The lowest BCUT2D eigenvalue weighted by molar-refractivity contribution is 0.0526. The average Bonchev–Trinajstić information content (AvgIpc) is 2.68. The number of hydrogen-bond donors (Lipinski definition) is 1. The van der Waals surface area contributed by atoms with Crippen molar-refractivity contribution in [1.29, 1.82) is 0 Å². The van der Waals surface area contributed by atoms with E-state index in [1.165, 1.54) is 19.2 Å². The molecule has 0 spiro atoms. The van der Waals surface area contributed by atoms with Crippen molar-refractivity contribution in [3.63, 3.8) is 0 Å². The van der Waals surface area contributed by atoms with Crippen molar-refractivity contribution in [2.45, 2.75) is 51.0 Å². The van der Waals surface area contributed by atoms with Crippen LogP contribution < -0.4 is 14.4 Å². The Balaban J connectivity index is 1.94. The lowest BCUT2D eigenvalue weighted by atomic mass is 10.2. The predicted molar refractivity (Wildman–Crippen MR) is 123 cm³/mol. The van der Waals surface area contributed by atoms with E-state index in [0.717, 1.165) is 4.31 Å². The fraction of sp³-hybridized carbons (Fsp3) is 0.476. The number of hydrogen-bond acceptors (Lipinski definition) is 7. The monoisotopic (exact) mass is 484 g/mol. The SMILES string of the molecule is Cc1cc(OCCCCNC(=O)OC(C)(C)C)nc(N(C)S(=O)(=O)c2ccccc2Cl)n1. The second-order valence-electron chi connectivity index (χ2n) is 8.03. The van der Waals surface area contributed by atoms with Crippen molar-refractivity contribution < 1.29 is 22.7 Å². The number of nitrogens with zero attached hydrogens (tertiary/aromatic N) is 3. The number of sulfonamides is 1. The number of aromatic nitrogens is 2. The smallest absolute Gasteiger partial charge is 0.407 e. The van der Waals surface area contributed by atoms with Gasteiger partial charge in [-0.3, -0.25) is 0 Å². The molecule has 0 aliphatic carbocycles. The van der Waals surface area contributed by atoms with E-state index in [4.69, 9.17) is 21.1 Å². The number of unbranched alkanes of at least 4 members (excludes halogenated alkanes) is 1. The van der Waals surface area contributed by atoms with Crippen molar-refractivity contribution >= 4 is 33.7 Å². The maximum atomic E-state index is 12.9. The van der Waals surface area contributed by atoms with E-state index in [0.29, 0.717) is 31.7 Å². The van der Waals surface area contributed by atoms with E-state index in [1.807, 2.05) is 0 Å². The van der Waals surface area contributed by atoms with E-state index >= 15 is 0 Å². The number of carbonyl (C=O) groups excluding carboxylic acids is 1. The van der Waals surface area contributed by atoms with Crippen LogP contribution in [0.4, 0.5) is 10.7 Å². The van der Waals surface area contributed by atoms with Gasteiger partial charge < -0.3 is 14.8 Å². The molecule has 0 saturated carbocycles. The molecule has 1 heterocycles. The van der Waals surface area contributed by atoms with E-state index in [1.54, 1.807) is 45.9 Å². The summed E-state index contributed by atoms with van der Waals surface area (Å²) >= 11 is 6.06. The number of alkyl carbamates (subject to hydrolysis) is 1. The topological polar surface area (TPSA) is 111 Å². The molecule has 32 heavy (non-hydrogen) atoms. The molecule has 1 amide bonds. The summed E-state index contributed by atoms with van der Waals surface area (Å²) in [6.07, 6.45) is 0.871. The van der Waals surface area contributed by atoms with Gasteiger partial charge in [0.15, 0.2) is 0 Å². The molecule has 0 atom stereocenters. The molecule has 0 aliphatic rings. The summed E-state index contributed by atoms with van der Waals surface area (Å²) < 4.78 is 37.7. The highest BCUT2D eigenvalue weighted by molar-refractivity contribution is 7.92. The fourth-order valence-corrected chi connectivity index (χ4v) is 4.14. The third-order valence-electron chi connectivity index (χ3n) is 4.06. The average molecular weight is 485 g/mol. The molecule has 0 radical (unpaired) electrons. The number of nitrogens with one attached hydrogen (secondary N) is 1. The van der Waals surface area contributed by atoms with Crippen LogP contribution in [0.5, 0.6) is 5.88 Å². The van der Waals surface area contributed by atoms with Gasteiger partial charge in [-0.2, -0.15) is 4.98 Å². The van der Waals surface area contributed by atoms with E-state index in [9.17, 15) is 13.2 Å². The first kappa shape index (κ1) is 25.7. The Morgan fingerprint density at radius 1 is 1.19 bits per heavy atom. The molecule has 1 N–H and O–H groups in total. The summed E-state index contributed by atoms with van der Waals surface area (Å²) in [6, 6.07) is 7.80. The third-order valence-corrected chi connectivity index (χ3v) is 6.30. The summed E-state index contributed by atoms with van der Waals surface area (Å²) in [5, 5.41) is 2.80. The molecule has 0 fully saturated rings. The Morgan fingerprint density at radius 3 is 2.53 bits per heavy atom. The first-order valence-electron chi connectivity index (χ1n) is 10.1. The van der Waals surface area contributed by atoms with Gasteiger partial charge in [0, 0.05) is 25.4 Å². The number of aryl methyl sites for hydroxylation is 1. The summed E-state index contributed by atoms with van der Waals surface area (Å²) in [7, 11) is -2.58. The lowest BCUT2D eigenvalue weighted by Gasteiger charge is -2.19. The highest BCUT2D eigenvalue weighted by Crippen LogP contribution is 2.26. The van der Waals surface area contributed by atoms with Gasteiger partial charge in [-0.15, -0.1) is 0 Å². The Bertz CT molecular complexity index is 1040. The second kappa shape index (κ2) is 10.8. The van der Waals surface area contributed by atoms with Crippen molar-refractivity contribution in [3.8, 4) is 5.88 Å². The molecule has 1 aromatic heterocycles. The van der Waals surface area contributed by atoms with Crippen LogP contribution in [0.1, 0.15) is 39.3 Å². The number of rotatable bonds is 9. The first-order chi connectivity index (χ1) is 14.9. The van der Waals surface area contributed by atoms with Crippen molar-refractivity contribution in [2.75, 3.05) is 24.5 Å². The molecule has 0 aliphatic heterocycles. The first-order valence-corrected chi connectivity index (χ1v) is 11.9. The highest BCUT2D eigenvalue weighted by atomic mass is 35.5. The zero-order valence-corrected chi connectivity index (χ0v) is 20.5. The number of amides is 1. The molecule has 0 bridgehead atoms. The Morgan fingerprint density at radius 2 is 1.88 bits per heavy atom. The van der Waals surface area contributed by atoms with Gasteiger partial charge in [-0.25, -0.2) is 22.5 Å². The number of ether oxygens (including phenoxy) is 2. The van der Waals surface area contributed by atoms with Gasteiger partial charge in [-0.05, 0) is 52.7 Å². The number of carbonyl (C=O) groups is 1. The van der Waals surface area contributed by atoms with Crippen molar-refractivity contribution in [1.82, 2.24) is 15.3 Å². The predicted octanol–water partition coefficient (Wildman–Crippen LogP) is 3.95. The van der Waals surface area contributed by atoms with Crippen molar-refractivity contribution in [2.24, 2.45) is 0 Å². The largest absolute Gasteiger partial charge is 0.478 e. The molecule has 2 aromatic rings. The Labute approximate surface area is 194 Å². The number of halogens is 1. The summed E-state index contributed by atoms with van der Waals surface area (Å²) in [5.41, 5.74) is 0.0141. The zero-order chi connectivity index (χ0) is 23.9. The molecular weight excluding hydrogens is 456 g/mol. The molecular formula is C21H29ClN4O5S. The zero-order valence-electron chi connectivity index (χ0n) is 18.9. The number of benzene rings is 1. The molecule has 9 nitrogen and oxygen atoms in total. The summed E-state index contributed by atoms with van der Waals surface area (Å²) in [6.45, 7) is 7.91. The Hall–Kier alpha value is -2.59. The van der Waals surface area contributed by atoms with Gasteiger partial charge in [0.25, 0.3) is 10.0 Å². The maximum absolute atomic E-state index is 12.9. The second-order valence-corrected chi connectivity index (χ2v) is 10.4. The van der Waals surface area contributed by atoms with Crippen LogP contribution in [0.2, 0.25) is 5.02 Å². The minimum Gasteiger partial charge on any atom is -0.478 e. The van der Waals surface area contributed by atoms with E-state index in [-0.39, 0.29) is 21.7 Å². The minimum atomic E-state index is -3.94. The van der Waals surface area contributed by atoms with Crippen LogP contribution in [0, 0.1) is 6.92 Å².